The van der Waals surface area contributed by atoms with E-state index in [-0.39, 0.29) is 29.2 Å². The van der Waals surface area contributed by atoms with Crippen molar-refractivity contribution >= 4 is 22.2 Å². The fraction of sp³-hybridized carbons (Fsp3) is 0.346. The molecule has 4 rings (SSSR count). The SMILES string of the molecule is Cc1cc(N)c(C(=O)CCc2ccc3ccccc3c2)c(O[C@@H]2O[C@H](CO)[C@@H](O)[C@H](O)[C@H]2O)c1. The molecule has 1 aliphatic heterocycles. The zero-order chi connectivity index (χ0) is 24.4. The van der Waals surface area contributed by atoms with E-state index in [9.17, 15) is 25.2 Å². The highest BCUT2D eigenvalue weighted by Gasteiger charge is 2.45. The molecule has 1 heterocycles. The summed E-state index contributed by atoms with van der Waals surface area (Å²) in [7, 11) is 0. The van der Waals surface area contributed by atoms with Crippen molar-refractivity contribution in [2.75, 3.05) is 12.3 Å². The summed E-state index contributed by atoms with van der Waals surface area (Å²) in [6, 6.07) is 17.3. The van der Waals surface area contributed by atoms with Crippen molar-refractivity contribution in [3.63, 3.8) is 0 Å². The molecule has 0 radical (unpaired) electrons. The number of rotatable bonds is 7. The van der Waals surface area contributed by atoms with Crippen LogP contribution in [0.1, 0.15) is 27.9 Å². The third-order valence-corrected chi connectivity index (χ3v) is 6.10. The molecule has 34 heavy (non-hydrogen) atoms. The first-order valence-electron chi connectivity index (χ1n) is 11.2. The van der Waals surface area contributed by atoms with Gasteiger partial charge in [-0.15, -0.1) is 0 Å². The average molecular weight is 468 g/mol. The van der Waals surface area contributed by atoms with Gasteiger partial charge in [0.25, 0.3) is 0 Å². The number of hydrogen-bond acceptors (Lipinski definition) is 8. The number of Topliss-reactive ketones (excluding diaryl/α,β-unsaturated/α-hetero) is 1. The van der Waals surface area contributed by atoms with Crippen LogP contribution in [0.5, 0.6) is 5.75 Å². The molecule has 0 unspecified atom stereocenters. The minimum Gasteiger partial charge on any atom is -0.461 e. The maximum Gasteiger partial charge on any atom is 0.229 e. The van der Waals surface area contributed by atoms with Gasteiger partial charge in [0, 0.05) is 12.1 Å². The zero-order valence-electron chi connectivity index (χ0n) is 18.8. The number of nitrogens with two attached hydrogens (primary N) is 1. The monoisotopic (exact) mass is 467 g/mol. The summed E-state index contributed by atoms with van der Waals surface area (Å²) in [4.78, 5) is 13.2. The summed E-state index contributed by atoms with van der Waals surface area (Å²) in [5.41, 5.74) is 8.29. The second kappa shape index (κ2) is 10.1. The van der Waals surface area contributed by atoms with E-state index in [1.807, 2.05) is 42.5 Å². The van der Waals surface area contributed by atoms with Gasteiger partial charge < -0.3 is 35.6 Å². The van der Waals surface area contributed by atoms with E-state index in [1.54, 1.807) is 19.1 Å². The third kappa shape index (κ3) is 4.91. The van der Waals surface area contributed by atoms with Gasteiger partial charge in [0.2, 0.25) is 6.29 Å². The second-order valence-electron chi connectivity index (χ2n) is 8.65. The number of ketones is 1. The van der Waals surface area contributed by atoms with Gasteiger partial charge in [0.05, 0.1) is 12.2 Å². The quantitative estimate of drug-likeness (QED) is 0.261. The van der Waals surface area contributed by atoms with E-state index in [0.29, 0.717) is 6.42 Å². The van der Waals surface area contributed by atoms with E-state index in [4.69, 9.17) is 15.2 Å². The normalized spacial score (nSPS) is 24.8. The number of ether oxygens (including phenoxy) is 2. The van der Waals surface area contributed by atoms with Gasteiger partial charge in [-0.05, 0) is 47.4 Å². The fourth-order valence-electron chi connectivity index (χ4n) is 4.24. The highest BCUT2D eigenvalue weighted by Crippen LogP contribution is 2.32. The van der Waals surface area contributed by atoms with Gasteiger partial charge in [0.15, 0.2) is 5.78 Å². The molecule has 1 fully saturated rings. The van der Waals surface area contributed by atoms with Crippen molar-refractivity contribution in [2.45, 2.75) is 50.5 Å². The molecule has 0 amide bonds. The van der Waals surface area contributed by atoms with Gasteiger partial charge >= 0.3 is 0 Å². The smallest absolute Gasteiger partial charge is 0.229 e. The molecule has 8 nitrogen and oxygen atoms in total. The Morgan fingerprint density at radius 3 is 2.47 bits per heavy atom. The summed E-state index contributed by atoms with van der Waals surface area (Å²) in [6.07, 6.45) is -6.57. The molecule has 3 aromatic rings. The van der Waals surface area contributed by atoms with Gasteiger partial charge in [-0.1, -0.05) is 42.5 Å². The molecule has 5 atom stereocenters. The number of aryl methyl sites for hydroxylation is 2. The van der Waals surface area contributed by atoms with E-state index in [2.05, 4.69) is 0 Å². The standard InChI is InChI=1S/C26H29NO7/c1-14-10-18(27)22(19(29)9-7-15-6-8-16-4-2-3-5-17(16)12-15)20(11-14)33-26-25(32)24(31)23(30)21(13-28)34-26/h2-6,8,10-12,21,23-26,28,30-32H,7,9,13,27H2,1H3/t21-,23-,24+,25-,26-/m1/s1. The van der Waals surface area contributed by atoms with Crippen molar-refractivity contribution in [1.29, 1.82) is 0 Å². The molecule has 0 bridgehead atoms. The van der Waals surface area contributed by atoms with Gasteiger partial charge in [-0.2, -0.15) is 0 Å². The Labute approximate surface area is 197 Å². The molecule has 0 spiro atoms. The number of carbonyl (C=O) groups excluding carboxylic acids is 1. The Bertz CT molecular complexity index is 1180. The lowest BCUT2D eigenvalue weighted by Gasteiger charge is -2.39. The summed E-state index contributed by atoms with van der Waals surface area (Å²) >= 11 is 0. The summed E-state index contributed by atoms with van der Waals surface area (Å²) in [6.45, 7) is 1.19. The van der Waals surface area contributed by atoms with Crippen LogP contribution in [0.15, 0.2) is 54.6 Å². The Balaban J connectivity index is 1.55. The minimum atomic E-state index is -1.60. The summed E-state index contributed by atoms with van der Waals surface area (Å²) in [5.74, 6) is -0.143. The van der Waals surface area contributed by atoms with Crippen molar-refractivity contribution in [3.8, 4) is 5.75 Å². The molecule has 0 aromatic heterocycles. The van der Waals surface area contributed by atoms with Crippen molar-refractivity contribution in [1.82, 2.24) is 0 Å². The first-order valence-corrected chi connectivity index (χ1v) is 11.2. The van der Waals surface area contributed by atoms with Gasteiger partial charge in [-0.3, -0.25) is 4.79 Å². The minimum absolute atomic E-state index is 0.102. The van der Waals surface area contributed by atoms with Crippen LogP contribution in [0.4, 0.5) is 5.69 Å². The highest BCUT2D eigenvalue weighted by atomic mass is 16.7. The van der Waals surface area contributed by atoms with Gasteiger partial charge in [0.1, 0.15) is 30.2 Å². The number of nitrogen functional groups attached to an aromatic ring is 1. The molecule has 1 aliphatic rings. The Kier molecular flexibility index (Phi) is 7.16. The summed E-state index contributed by atoms with van der Waals surface area (Å²) in [5, 5.41) is 42.0. The van der Waals surface area contributed by atoms with Crippen molar-refractivity contribution in [2.24, 2.45) is 0 Å². The van der Waals surface area contributed by atoms with Crippen LogP contribution in [-0.4, -0.2) is 63.5 Å². The highest BCUT2D eigenvalue weighted by molar-refractivity contribution is 6.03. The molecule has 0 saturated carbocycles. The van der Waals surface area contributed by atoms with Crippen LogP contribution in [0.3, 0.4) is 0 Å². The molecule has 1 saturated heterocycles. The Hall–Kier alpha value is -3.01. The fourth-order valence-corrected chi connectivity index (χ4v) is 4.24. The van der Waals surface area contributed by atoms with E-state index in [0.717, 1.165) is 21.9 Å². The first kappa shape index (κ1) is 24.1. The Morgan fingerprint density at radius 1 is 1.00 bits per heavy atom. The van der Waals surface area contributed by atoms with Crippen LogP contribution in [0.2, 0.25) is 0 Å². The topological polar surface area (TPSA) is 142 Å². The number of benzene rings is 3. The molecule has 6 N–H and O–H groups in total. The zero-order valence-corrected chi connectivity index (χ0v) is 18.8. The van der Waals surface area contributed by atoms with E-state index >= 15 is 0 Å². The van der Waals surface area contributed by atoms with Crippen LogP contribution < -0.4 is 10.5 Å². The lowest BCUT2D eigenvalue weighted by molar-refractivity contribution is -0.277. The summed E-state index contributed by atoms with van der Waals surface area (Å²) < 4.78 is 11.2. The van der Waals surface area contributed by atoms with Crippen LogP contribution in [0, 0.1) is 6.92 Å². The number of aliphatic hydroxyl groups excluding tert-OH is 4. The Morgan fingerprint density at radius 2 is 1.74 bits per heavy atom. The van der Waals surface area contributed by atoms with E-state index < -0.39 is 37.3 Å². The van der Waals surface area contributed by atoms with Crippen LogP contribution in [-0.2, 0) is 11.2 Å². The first-order chi connectivity index (χ1) is 16.3. The average Bonchev–Trinajstić information content (AvgIpc) is 2.82. The van der Waals surface area contributed by atoms with Crippen molar-refractivity contribution in [3.05, 3.63) is 71.3 Å². The van der Waals surface area contributed by atoms with E-state index in [1.165, 1.54) is 0 Å². The molecule has 3 aromatic carbocycles. The second-order valence-corrected chi connectivity index (χ2v) is 8.65. The molecule has 8 heteroatoms. The number of hydrogen-bond donors (Lipinski definition) is 5. The largest absolute Gasteiger partial charge is 0.461 e. The number of aliphatic hydroxyl groups is 4. The van der Waals surface area contributed by atoms with Crippen molar-refractivity contribution < 1.29 is 34.7 Å². The predicted octanol–water partition coefficient (Wildman–Crippen LogP) is 1.72. The lowest BCUT2D eigenvalue weighted by Crippen LogP contribution is -2.60. The third-order valence-electron chi connectivity index (χ3n) is 6.10. The molecular formula is C26H29NO7. The molecule has 0 aliphatic carbocycles. The predicted molar refractivity (Wildman–Crippen MR) is 127 cm³/mol. The number of carbonyl (C=O) groups is 1. The number of fused-ring (bicyclic) bond motifs is 1. The van der Waals surface area contributed by atoms with Crippen LogP contribution in [0.25, 0.3) is 10.8 Å². The van der Waals surface area contributed by atoms with Crippen LogP contribution >= 0.6 is 0 Å². The molecule has 180 valence electrons. The number of anilines is 1. The maximum absolute atomic E-state index is 13.2. The molecular weight excluding hydrogens is 438 g/mol. The maximum atomic E-state index is 13.2. The van der Waals surface area contributed by atoms with Gasteiger partial charge in [-0.25, -0.2) is 0 Å². The lowest BCUT2D eigenvalue weighted by atomic mass is 9.97.